The van der Waals surface area contributed by atoms with E-state index < -0.39 is 0 Å². The van der Waals surface area contributed by atoms with Crippen molar-refractivity contribution in [3.8, 4) is 5.75 Å². The number of anilines is 1. The lowest BCUT2D eigenvalue weighted by Crippen LogP contribution is -2.29. The van der Waals surface area contributed by atoms with Crippen LogP contribution in [-0.2, 0) is 4.79 Å². The van der Waals surface area contributed by atoms with E-state index in [1.807, 2.05) is 18.2 Å². The van der Waals surface area contributed by atoms with E-state index >= 15 is 0 Å². The smallest absolute Gasteiger partial charge is 0.268 e. The number of nitrogens with zero attached hydrogens (tertiary/aromatic N) is 2. The molecule has 2 heterocycles. The van der Waals surface area contributed by atoms with Crippen LogP contribution in [0.5, 0.6) is 5.75 Å². The molecule has 4 nitrogen and oxygen atoms in total. The fraction of sp³-hybridized carbons (Fsp3) is 0.412. The Labute approximate surface area is 156 Å². The van der Waals surface area contributed by atoms with Crippen molar-refractivity contribution < 1.29 is 9.53 Å². The third-order valence-corrected chi connectivity index (χ3v) is 6.75. The van der Waals surface area contributed by atoms with E-state index in [1.54, 1.807) is 23.8 Å². The molecule has 0 spiro atoms. The highest BCUT2D eigenvalue weighted by atomic mass is 32.2. The summed E-state index contributed by atoms with van der Waals surface area (Å²) in [5, 5.41) is 0.983. The second-order valence-electron chi connectivity index (χ2n) is 5.49. The van der Waals surface area contributed by atoms with E-state index in [0.717, 1.165) is 45.7 Å². The van der Waals surface area contributed by atoms with Gasteiger partial charge in [-0.3, -0.25) is 9.69 Å². The number of benzene rings is 1. The maximum absolute atomic E-state index is 12.8. The first kappa shape index (κ1) is 17.6. The number of hydrogen-bond acceptors (Lipinski definition) is 6. The predicted molar refractivity (Wildman–Crippen MR) is 106 cm³/mol. The number of rotatable bonds is 5. The summed E-state index contributed by atoms with van der Waals surface area (Å²) in [4.78, 5) is 18.6. The highest BCUT2D eigenvalue weighted by molar-refractivity contribution is 8.27. The molecule has 0 unspecified atom stereocenters. The Kier molecular flexibility index (Phi) is 5.42. The van der Waals surface area contributed by atoms with Crippen LogP contribution >= 0.6 is 35.7 Å². The molecule has 1 aromatic carbocycles. The lowest BCUT2D eigenvalue weighted by atomic mass is 10.2. The first-order valence-corrected chi connectivity index (χ1v) is 10.1. The summed E-state index contributed by atoms with van der Waals surface area (Å²) in [5.41, 5.74) is 1.09. The molecule has 3 rings (SSSR count). The number of carbonyl (C=O) groups excluding carboxylic acids is 1. The van der Waals surface area contributed by atoms with Crippen molar-refractivity contribution in [2.75, 3.05) is 25.1 Å². The number of ether oxygens (including phenoxy) is 1. The average molecular weight is 381 g/mol. The second-order valence-corrected chi connectivity index (χ2v) is 8.17. The summed E-state index contributed by atoms with van der Waals surface area (Å²) in [5.74, 6) is 0.865. The molecule has 0 N–H and O–H groups in total. The normalized spacial score (nSPS) is 20.1. The van der Waals surface area contributed by atoms with E-state index in [9.17, 15) is 4.79 Å². The first-order valence-electron chi connectivity index (χ1n) is 8.02. The Bertz CT molecular complexity index is 718. The van der Waals surface area contributed by atoms with Crippen molar-refractivity contribution in [3.63, 3.8) is 0 Å². The molecule has 2 aliphatic rings. The van der Waals surface area contributed by atoms with Crippen molar-refractivity contribution in [1.82, 2.24) is 4.90 Å². The molecule has 7 heteroatoms. The molecule has 0 atom stereocenters. The van der Waals surface area contributed by atoms with Crippen molar-refractivity contribution >= 4 is 51.7 Å². The molecule has 24 heavy (non-hydrogen) atoms. The maximum Gasteiger partial charge on any atom is 0.268 e. The topological polar surface area (TPSA) is 32.8 Å². The number of fused-ring (bicyclic) bond motifs is 1. The van der Waals surface area contributed by atoms with Crippen LogP contribution in [0.1, 0.15) is 26.7 Å². The van der Waals surface area contributed by atoms with Crippen LogP contribution in [0.25, 0.3) is 0 Å². The van der Waals surface area contributed by atoms with Crippen molar-refractivity contribution in [1.29, 1.82) is 0 Å². The molecule has 0 bridgehead atoms. The van der Waals surface area contributed by atoms with Gasteiger partial charge in [0.05, 0.1) is 12.8 Å². The van der Waals surface area contributed by atoms with Gasteiger partial charge in [-0.2, -0.15) is 0 Å². The number of amides is 1. The van der Waals surface area contributed by atoms with Gasteiger partial charge in [0.15, 0.2) is 0 Å². The van der Waals surface area contributed by atoms with Crippen molar-refractivity contribution in [2.45, 2.75) is 31.6 Å². The minimum atomic E-state index is 0.0409. The number of carbonyl (C=O) groups is 1. The van der Waals surface area contributed by atoms with Crippen LogP contribution in [0.15, 0.2) is 33.0 Å². The molecule has 128 valence electrons. The second kappa shape index (κ2) is 7.37. The minimum absolute atomic E-state index is 0.0409. The van der Waals surface area contributed by atoms with Crippen LogP contribution in [0, 0.1) is 0 Å². The quantitative estimate of drug-likeness (QED) is 0.554. The molecular formula is C17H20N2O2S3. The van der Waals surface area contributed by atoms with Gasteiger partial charge >= 0.3 is 0 Å². The molecule has 1 aromatic rings. The zero-order chi connectivity index (χ0) is 17.3. The van der Waals surface area contributed by atoms with E-state index in [0.29, 0.717) is 10.9 Å². The first-order chi connectivity index (χ1) is 11.6. The van der Waals surface area contributed by atoms with Crippen LogP contribution in [0.2, 0.25) is 0 Å². The van der Waals surface area contributed by atoms with Gasteiger partial charge in [-0.05, 0) is 25.5 Å². The zero-order valence-corrected chi connectivity index (χ0v) is 16.4. The standard InChI is InChI=1S/C17H20N2O2S3/c1-4-6-9-19-15(20)14(24-17(19)22)16-18(5-2)12-10-11(21-3)7-8-13(12)23-16/h7-8,10H,4-6,9H2,1-3H3. The van der Waals surface area contributed by atoms with Crippen LogP contribution < -0.4 is 9.64 Å². The molecule has 2 aliphatic heterocycles. The Morgan fingerprint density at radius 2 is 2.00 bits per heavy atom. The Balaban J connectivity index is 1.96. The van der Waals surface area contributed by atoms with Crippen LogP contribution in [-0.4, -0.2) is 35.3 Å². The van der Waals surface area contributed by atoms with Gasteiger partial charge in [-0.15, -0.1) is 0 Å². The number of thioether (sulfide) groups is 2. The summed E-state index contributed by atoms with van der Waals surface area (Å²) >= 11 is 8.49. The van der Waals surface area contributed by atoms with E-state index in [2.05, 4.69) is 18.7 Å². The molecule has 0 aromatic heterocycles. The van der Waals surface area contributed by atoms with Gasteiger partial charge in [-0.25, -0.2) is 0 Å². The fourth-order valence-corrected chi connectivity index (χ4v) is 5.37. The molecule has 0 aliphatic carbocycles. The monoisotopic (exact) mass is 380 g/mol. The highest BCUT2D eigenvalue weighted by Crippen LogP contribution is 2.51. The molecule has 1 saturated heterocycles. The minimum Gasteiger partial charge on any atom is -0.497 e. The largest absolute Gasteiger partial charge is 0.497 e. The van der Waals surface area contributed by atoms with E-state index in [4.69, 9.17) is 17.0 Å². The number of unbranched alkanes of at least 4 members (excludes halogenated alkanes) is 1. The van der Waals surface area contributed by atoms with Gasteiger partial charge in [0.2, 0.25) is 0 Å². The van der Waals surface area contributed by atoms with Gasteiger partial charge < -0.3 is 9.64 Å². The highest BCUT2D eigenvalue weighted by Gasteiger charge is 2.38. The lowest BCUT2D eigenvalue weighted by Gasteiger charge is -2.19. The molecule has 0 radical (unpaired) electrons. The Morgan fingerprint density at radius 1 is 1.21 bits per heavy atom. The van der Waals surface area contributed by atoms with Gasteiger partial charge in [-0.1, -0.05) is 49.1 Å². The predicted octanol–water partition coefficient (Wildman–Crippen LogP) is 4.46. The van der Waals surface area contributed by atoms with Crippen LogP contribution in [0.4, 0.5) is 5.69 Å². The van der Waals surface area contributed by atoms with E-state index in [-0.39, 0.29) is 5.91 Å². The van der Waals surface area contributed by atoms with E-state index in [1.165, 1.54) is 11.8 Å². The average Bonchev–Trinajstić information content (AvgIpc) is 3.09. The van der Waals surface area contributed by atoms with Crippen LogP contribution in [0.3, 0.4) is 0 Å². The third kappa shape index (κ3) is 3.05. The number of methoxy groups -OCH3 is 1. The summed E-state index contributed by atoms with van der Waals surface area (Å²) in [6, 6.07) is 6.03. The van der Waals surface area contributed by atoms with Crippen molar-refractivity contribution in [2.24, 2.45) is 0 Å². The van der Waals surface area contributed by atoms with Crippen molar-refractivity contribution in [3.05, 3.63) is 28.1 Å². The maximum atomic E-state index is 12.8. The lowest BCUT2D eigenvalue weighted by molar-refractivity contribution is -0.122. The van der Waals surface area contributed by atoms with Gasteiger partial charge in [0.25, 0.3) is 5.91 Å². The zero-order valence-electron chi connectivity index (χ0n) is 14.0. The molecular weight excluding hydrogens is 360 g/mol. The molecule has 1 amide bonds. The fourth-order valence-electron chi connectivity index (χ4n) is 2.71. The Hall–Kier alpha value is -1.18. The summed E-state index contributed by atoms with van der Waals surface area (Å²) in [6.07, 6.45) is 2.02. The summed E-state index contributed by atoms with van der Waals surface area (Å²) in [7, 11) is 1.67. The SMILES string of the molecule is CCCCN1C(=O)C(=C2Sc3ccc(OC)cc3N2CC)SC1=S. The summed E-state index contributed by atoms with van der Waals surface area (Å²) < 4.78 is 6.01. The number of hydrogen-bond donors (Lipinski definition) is 0. The molecule has 0 saturated carbocycles. The van der Waals surface area contributed by atoms with Gasteiger partial charge in [0, 0.05) is 24.1 Å². The number of thiocarbonyl (C=S) groups is 1. The molecule has 1 fully saturated rings. The van der Waals surface area contributed by atoms with Gasteiger partial charge in [0.1, 0.15) is 20.0 Å². The third-order valence-electron chi connectivity index (χ3n) is 4.00. The Morgan fingerprint density at radius 3 is 2.67 bits per heavy atom. The summed E-state index contributed by atoms with van der Waals surface area (Å²) in [6.45, 7) is 5.70.